The molecule has 0 fully saturated rings. The number of unbranched alkanes of at least 4 members (excludes halogenated alkanes) is 1. The van der Waals surface area contributed by atoms with Gasteiger partial charge in [-0.25, -0.2) is 0 Å². The molecule has 0 heterocycles. The zero-order valence-corrected chi connectivity index (χ0v) is 11.3. The summed E-state index contributed by atoms with van der Waals surface area (Å²) >= 11 is 0. The normalized spacial score (nSPS) is 9.76. The molecule has 4 heteroatoms. The van der Waals surface area contributed by atoms with E-state index in [-0.39, 0.29) is 18.2 Å². The fourth-order valence-corrected chi connectivity index (χ4v) is 1.51. The van der Waals surface area contributed by atoms with E-state index in [0.717, 1.165) is 18.5 Å². The molecule has 0 aliphatic carbocycles. The SMILES string of the molecule is CCCCNCc1cccc(OCC)c1O.Cl. The number of nitrogens with one attached hydrogen (secondary N) is 1. The number of hydrogen-bond donors (Lipinski definition) is 2. The third-order valence-corrected chi connectivity index (χ3v) is 2.40. The molecule has 0 radical (unpaired) electrons. The zero-order chi connectivity index (χ0) is 11.8. The van der Waals surface area contributed by atoms with Crippen molar-refractivity contribution in [2.24, 2.45) is 0 Å². The number of benzene rings is 1. The van der Waals surface area contributed by atoms with E-state index in [1.165, 1.54) is 6.42 Å². The Morgan fingerprint density at radius 1 is 1.29 bits per heavy atom. The number of ether oxygens (including phenoxy) is 1. The molecule has 0 bridgehead atoms. The summed E-state index contributed by atoms with van der Waals surface area (Å²) in [6, 6.07) is 5.60. The van der Waals surface area contributed by atoms with Gasteiger partial charge in [0.2, 0.25) is 0 Å². The molecule has 0 amide bonds. The van der Waals surface area contributed by atoms with E-state index in [9.17, 15) is 5.11 Å². The maximum absolute atomic E-state index is 9.91. The van der Waals surface area contributed by atoms with Gasteiger partial charge in [-0.3, -0.25) is 0 Å². The molecule has 17 heavy (non-hydrogen) atoms. The lowest BCUT2D eigenvalue weighted by Crippen LogP contribution is -2.14. The second-order valence-corrected chi connectivity index (χ2v) is 3.73. The van der Waals surface area contributed by atoms with Crippen molar-refractivity contribution in [2.45, 2.75) is 33.2 Å². The van der Waals surface area contributed by atoms with Gasteiger partial charge in [0.15, 0.2) is 11.5 Å². The van der Waals surface area contributed by atoms with E-state index >= 15 is 0 Å². The Balaban J connectivity index is 0.00000256. The molecule has 0 saturated heterocycles. The summed E-state index contributed by atoms with van der Waals surface area (Å²) in [5.41, 5.74) is 0.891. The first-order valence-corrected chi connectivity index (χ1v) is 5.94. The molecule has 0 aliphatic heterocycles. The Kier molecular flexibility index (Phi) is 8.64. The predicted octanol–water partition coefficient (Wildman–Crippen LogP) is 3.10. The van der Waals surface area contributed by atoms with Crippen molar-refractivity contribution >= 4 is 12.4 Å². The Labute approximate surface area is 110 Å². The minimum atomic E-state index is 0. The number of para-hydroxylation sites is 1. The van der Waals surface area contributed by atoms with Crippen molar-refractivity contribution in [2.75, 3.05) is 13.2 Å². The molecule has 1 rings (SSSR count). The first-order chi connectivity index (χ1) is 7.79. The quantitative estimate of drug-likeness (QED) is 0.740. The van der Waals surface area contributed by atoms with Crippen molar-refractivity contribution in [3.63, 3.8) is 0 Å². The summed E-state index contributed by atoms with van der Waals surface area (Å²) in [5.74, 6) is 0.825. The summed E-state index contributed by atoms with van der Waals surface area (Å²) in [4.78, 5) is 0. The number of halogens is 1. The largest absolute Gasteiger partial charge is 0.504 e. The summed E-state index contributed by atoms with van der Waals surface area (Å²) in [6.45, 7) is 6.31. The fraction of sp³-hybridized carbons (Fsp3) is 0.538. The molecule has 0 atom stereocenters. The van der Waals surface area contributed by atoms with Crippen molar-refractivity contribution in [3.05, 3.63) is 23.8 Å². The van der Waals surface area contributed by atoms with Crippen LogP contribution in [0.25, 0.3) is 0 Å². The minimum Gasteiger partial charge on any atom is -0.504 e. The average molecular weight is 260 g/mol. The van der Waals surface area contributed by atoms with Crippen molar-refractivity contribution < 1.29 is 9.84 Å². The first kappa shape index (κ1) is 16.1. The Bertz CT molecular complexity index is 318. The van der Waals surface area contributed by atoms with Gasteiger partial charge in [-0.05, 0) is 26.0 Å². The summed E-state index contributed by atoms with van der Waals surface area (Å²) in [5, 5.41) is 13.2. The molecule has 0 aliphatic rings. The van der Waals surface area contributed by atoms with Crippen LogP contribution >= 0.6 is 12.4 Å². The Morgan fingerprint density at radius 3 is 2.71 bits per heavy atom. The number of aromatic hydroxyl groups is 1. The van der Waals surface area contributed by atoms with Crippen LogP contribution in [0.4, 0.5) is 0 Å². The smallest absolute Gasteiger partial charge is 0.162 e. The molecular formula is C13H22ClNO2. The van der Waals surface area contributed by atoms with Crippen LogP contribution in [0.2, 0.25) is 0 Å². The van der Waals surface area contributed by atoms with Crippen molar-refractivity contribution in [1.29, 1.82) is 0 Å². The lowest BCUT2D eigenvalue weighted by molar-refractivity contribution is 0.316. The molecular weight excluding hydrogens is 238 g/mol. The van der Waals surface area contributed by atoms with Crippen molar-refractivity contribution in [3.8, 4) is 11.5 Å². The molecule has 3 nitrogen and oxygen atoms in total. The molecule has 98 valence electrons. The van der Waals surface area contributed by atoms with Crippen LogP contribution in [-0.2, 0) is 6.54 Å². The first-order valence-electron chi connectivity index (χ1n) is 5.94. The van der Waals surface area contributed by atoms with Gasteiger partial charge in [0.25, 0.3) is 0 Å². The second-order valence-electron chi connectivity index (χ2n) is 3.73. The lowest BCUT2D eigenvalue weighted by Gasteiger charge is -2.10. The van der Waals surface area contributed by atoms with Crippen LogP contribution in [0.1, 0.15) is 32.3 Å². The van der Waals surface area contributed by atoms with Crippen molar-refractivity contribution in [1.82, 2.24) is 5.32 Å². The minimum absolute atomic E-state index is 0. The van der Waals surface area contributed by atoms with Gasteiger partial charge in [-0.1, -0.05) is 25.5 Å². The number of phenolic OH excluding ortho intramolecular Hbond substituents is 1. The van der Waals surface area contributed by atoms with Crippen LogP contribution < -0.4 is 10.1 Å². The highest BCUT2D eigenvalue weighted by molar-refractivity contribution is 5.85. The van der Waals surface area contributed by atoms with Crippen LogP contribution in [0.15, 0.2) is 18.2 Å². The van der Waals surface area contributed by atoms with Gasteiger partial charge in [-0.15, -0.1) is 12.4 Å². The molecule has 0 saturated carbocycles. The highest BCUT2D eigenvalue weighted by Crippen LogP contribution is 2.29. The average Bonchev–Trinajstić information content (AvgIpc) is 2.29. The van der Waals surface area contributed by atoms with Gasteiger partial charge in [0, 0.05) is 12.1 Å². The monoisotopic (exact) mass is 259 g/mol. The highest BCUT2D eigenvalue weighted by Gasteiger charge is 2.06. The standard InChI is InChI=1S/C13H21NO2.ClH/c1-3-5-9-14-10-11-7-6-8-12(13(11)15)16-4-2;/h6-8,14-15H,3-5,9-10H2,1-2H3;1H. The zero-order valence-electron chi connectivity index (χ0n) is 10.5. The number of phenols is 1. The Morgan fingerprint density at radius 2 is 2.06 bits per heavy atom. The number of rotatable bonds is 7. The highest BCUT2D eigenvalue weighted by atomic mass is 35.5. The fourth-order valence-electron chi connectivity index (χ4n) is 1.51. The molecule has 1 aromatic carbocycles. The number of hydrogen-bond acceptors (Lipinski definition) is 3. The predicted molar refractivity (Wildman–Crippen MR) is 73.1 cm³/mol. The summed E-state index contributed by atoms with van der Waals surface area (Å²) in [7, 11) is 0. The Hall–Kier alpha value is -0.930. The van der Waals surface area contributed by atoms with Crippen LogP contribution in [0, 0.1) is 0 Å². The molecule has 0 unspecified atom stereocenters. The lowest BCUT2D eigenvalue weighted by atomic mass is 10.2. The van der Waals surface area contributed by atoms with Gasteiger partial charge in [0.1, 0.15) is 0 Å². The van der Waals surface area contributed by atoms with Crippen LogP contribution in [0.3, 0.4) is 0 Å². The van der Waals surface area contributed by atoms with Gasteiger partial charge in [0.05, 0.1) is 6.61 Å². The van der Waals surface area contributed by atoms with E-state index < -0.39 is 0 Å². The second kappa shape index (κ2) is 9.14. The third kappa shape index (κ3) is 5.29. The van der Waals surface area contributed by atoms with E-state index in [4.69, 9.17) is 4.74 Å². The third-order valence-electron chi connectivity index (χ3n) is 2.40. The van der Waals surface area contributed by atoms with Gasteiger partial charge >= 0.3 is 0 Å². The molecule has 0 spiro atoms. The van der Waals surface area contributed by atoms with Crippen LogP contribution in [-0.4, -0.2) is 18.3 Å². The van der Waals surface area contributed by atoms with E-state index in [1.807, 2.05) is 19.1 Å². The maximum Gasteiger partial charge on any atom is 0.162 e. The summed E-state index contributed by atoms with van der Waals surface area (Å²) < 4.78 is 5.33. The molecule has 0 aromatic heterocycles. The van der Waals surface area contributed by atoms with Crippen LogP contribution in [0.5, 0.6) is 11.5 Å². The molecule has 2 N–H and O–H groups in total. The van der Waals surface area contributed by atoms with E-state index in [0.29, 0.717) is 18.9 Å². The van der Waals surface area contributed by atoms with E-state index in [2.05, 4.69) is 12.2 Å². The summed E-state index contributed by atoms with van der Waals surface area (Å²) in [6.07, 6.45) is 2.34. The maximum atomic E-state index is 9.91. The van der Waals surface area contributed by atoms with Gasteiger partial charge in [-0.2, -0.15) is 0 Å². The topological polar surface area (TPSA) is 41.5 Å². The molecule has 1 aromatic rings. The van der Waals surface area contributed by atoms with E-state index in [1.54, 1.807) is 6.07 Å². The van der Waals surface area contributed by atoms with Gasteiger partial charge < -0.3 is 15.2 Å².